The van der Waals surface area contributed by atoms with Crippen LogP contribution >= 0.6 is 12.4 Å². The zero-order valence-electron chi connectivity index (χ0n) is 11.0. The van der Waals surface area contributed by atoms with E-state index in [-0.39, 0.29) is 30.6 Å². The second kappa shape index (κ2) is 5.88. The number of benzene rings is 1. The summed E-state index contributed by atoms with van der Waals surface area (Å²) in [4.78, 5) is 4.24. The Morgan fingerprint density at radius 2 is 2.00 bits per heavy atom. The minimum Gasteiger partial charge on any atom is -0.382 e. The fourth-order valence-electron chi connectivity index (χ4n) is 2.11. The molecule has 0 fully saturated rings. The van der Waals surface area contributed by atoms with E-state index in [1.165, 1.54) is 6.07 Å². The van der Waals surface area contributed by atoms with Gasteiger partial charge < -0.3 is 5.73 Å². The van der Waals surface area contributed by atoms with E-state index in [2.05, 4.69) is 10.1 Å². The molecule has 5 nitrogen and oxygen atoms in total. The molecule has 0 aliphatic rings. The normalized spacial score (nSPS) is 10.3. The van der Waals surface area contributed by atoms with Crippen molar-refractivity contribution in [2.24, 2.45) is 5.73 Å². The fourth-order valence-corrected chi connectivity index (χ4v) is 2.11. The largest absolute Gasteiger partial charge is 0.382 e. The number of fused-ring (bicyclic) bond motifs is 1. The summed E-state index contributed by atoms with van der Waals surface area (Å²) in [5.74, 6) is -0.424. The molecule has 3 rings (SSSR count). The molecule has 21 heavy (non-hydrogen) atoms. The third-order valence-corrected chi connectivity index (χ3v) is 3.04. The lowest BCUT2D eigenvalue weighted by molar-refractivity contribution is 0.589. The van der Waals surface area contributed by atoms with Crippen LogP contribution in [-0.4, -0.2) is 20.6 Å². The number of amidine groups is 1. The van der Waals surface area contributed by atoms with E-state index in [1.54, 1.807) is 41.2 Å². The Kier molecular flexibility index (Phi) is 4.18. The van der Waals surface area contributed by atoms with Gasteiger partial charge in [-0.2, -0.15) is 5.10 Å². The predicted octanol–water partition coefficient (Wildman–Crippen LogP) is 2.32. The first kappa shape index (κ1) is 14.9. The molecule has 3 aromatic rings. The van der Waals surface area contributed by atoms with Gasteiger partial charge in [-0.25, -0.2) is 14.1 Å². The van der Waals surface area contributed by atoms with Gasteiger partial charge in [0.2, 0.25) is 0 Å². The number of hydrogen-bond donors (Lipinski definition) is 2. The summed E-state index contributed by atoms with van der Waals surface area (Å²) in [6.07, 6.45) is 1.63. The second-order valence-corrected chi connectivity index (χ2v) is 4.39. The molecule has 0 bridgehead atoms. The SMILES string of the molecule is Cl.N=C(N)c1nn(Cc2ccccc2F)c2ncccc12. The van der Waals surface area contributed by atoms with Crippen molar-refractivity contribution in [3.05, 3.63) is 59.7 Å². The van der Waals surface area contributed by atoms with Crippen LogP contribution < -0.4 is 5.73 Å². The number of nitrogens with one attached hydrogen (secondary N) is 1. The van der Waals surface area contributed by atoms with Crippen molar-refractivity contribution < 1.29 is 4.39 Å². The van der Waals surface area contributed by atoms with Crippen LogP contribution in [0, 0.1) is 11.2 Å². The number of nitrogen functional groups attached to an aromatic ring is 1. The molecule has 0 unspecified atom stereocenters. The van der Waals surface area contributed by atoms with E-state index in [0.29, 0.717) is 22.3 Å². The number of nitrogens with two attached hydrogens (primary N) is 1. The predicted molar refractivity (Wildman–Crippen MR) is 81.3 cm³/mol. The first-order chi connectivity index (χ1) is 9.66. The summed E-state index contributed by atoms with van der Waals surface area (Å²) in [5.41, 5.74) is 6.98. The minimum absolute atomic E-state index is 0. The molecule has 3 N–H and O–H groups in total. The van der Waals surface area contributed by atoms with Gasteiger partial charge in [-0.1, -0.05) is 18.2 Å². The topological polar surface area (TPSA) is 80.6 Å². The van der Waals surface area contributed by atoms with Gasteiger partial charge in [0.25, 0.3) is 0 Å². The van der Waals surface area contributed by atoms with Crippen molar-refractivity contribution in [1.82, 2.24) is 14.8 Å². The molecule has 0 saturated heterocycles. The smallest absolute Gasteiger partial charge is 0.158 e. The molecule has 2 aromatic heterocycles. The molecule has 0 atom stereocenters. The van der Waals surface area contributed by atoms with Crippen LogP contribution in [-0.2, 0) is 6.54 Å². The van der Waals surface area contributed by atoms with Crippen LogP contribution in [0.5, 0.6) is 0 Å². The van der Waals surface area contributed by atoms with Crippen molar-refractivity contribution >= 4 is 29.3 Å². The Labute approximate surface area is 126 Å². The van der Waals surface area contributed by atoms with Gasteiger partial charge in [0, 0.05) is 11.8 Å². The first-order valence-electron chi connectivity index (χ1n) is 6.06. The van der Waals surface area contributed by atoms with Crippen LogP contribution in [0.15, 0.2) is 42.6 Å². The lowest BCUT2D eigenvalue weighted by Gasteiger charge is -2.04. The van der Waals surface area contributed by atoms with Gasteiger partial charge >= 0.3 is 0 Å². The van der Waals surface area contributed by atoms with Crippen molar-refractivity contribution in [1.29, 1.82) is 5.41 Å². The van der Waals surface area contributed by atoms with Crippen molar-refractivity contribution in [2.45, 2.75) is 6.54 Å². The second-order valence-electron chi connectivity index (χ2n) is 4.39. The third-order valence-electron chi connectivity index (χ3n) is 3.04. The lowest BCUT2D eigenvalue weighted by Crippen LogP contribution is -2.13. The van der Waals surface area contributed by atoms with Crippen molar-refractivity contribution in [2.75, 3.05) is 0 Å². The Morgan fingerprint density at radius 1 is 1.24 bits per heavy atom. The molecule has 0 aliphatic heterocycles. The molecule has 7 heteroatoms. The van der Waals surface area contributed by atoms with E-state index in [4.69, 9.17) is 11.1 Å². The highest BCUT2D eigenvalue weighted by molar-refractivity contribution is 6.04. The standard InChI is InChI=1S/C14H12FN5.ClH/c15-11-6-2-1-4-9(11)8-20-14-10(5-3-7-18-14)12(19-20)13(16)17;/h1-7H,8H2,(H3,16,17);1H. The molecule has 0 saturated carbocycles. The Morgan fingerprint density at radius 3 is 2.71 bits per heavy atom. The number of aromatic nitrogens is 3. The summed E-state index contributed by atoms with van der Waals surface area (Å²) >= 11 is 0. The van der Waals surface area contributed by atoms with E-state index in [0.717, 1.165) is 0 Å². The number of nitrogens with zero attached hydrogens (tertiary/aromatic N) is 3. The Bertz CT molecular complexity index is 799. The summed E-state index contributed by atoms with van der Waals surface area (Å²) in [6.45, 7) is 0.244. The molecule has 0 amide bonds. The molecule has 1 aromatic carbocycles. The van der Waals surface area contributed by atoms with Crippen LogP contribution in [0.2, 0.25) is 0 Å². The van der Waals surface area contributed by atoms with E-state index < -0.39 is 0 Å². The maximum Gasteiger partial charge on any atom is 0.158 e. The van der Waals surface area contributed by atoms with Crippen molar-refractivity contribution in [3.8, 4) is 0 Å². The summed E-state index contributed by atoms with van der Waals surface area (Å²) in [7, 11) is 0. The summed E-state index contributed by atoms with van der Waals surface area (Å²) in [6, 6.07) is 10.1. The highest BCUT2D eigenvalue weighted by atomic mass is 35.5. The molecule has 0 spiro atoms. The quantitative estimate of drug-likeness (QED) is 0.575. The van der Waals surface area contributed by atoms with Gasteiger partial charge in [-0.05, 0) is 18.2 Å². The maximum atomic E-state index is 13.7. The average molecular weight is 306 g/mol. The zero-order valence-corrected chi connectivity index (χ0v) is 11.8. The zero-order chi connectivity index (χ0) is 14.1. The van der Waals surface area contributed by atoms with E-state index in [9.17, 15) is 4.39 Å². The van der Waals surface area contributed by atoms with Gasteiger partial charge in [-0.3, -0.25) is 5.41 Å². The highest BCUT2D eigenvalue weighted by Gasteiger charge is 2.14. The average Bonchev–Trinajstić information content (AvgIpc) is 2.81. The van der Waals surface area contributed by atoms with E-state index in [1.807, 2.05) is 0 Å². The lowest BCUT2D eigenvalue weighted by atomic mass is 10.2. The van der Waals surface area contributed by atoms with Crippen LogP contribution in [0.1, 0.15) is 11.3 Å². The first-order valence-corrected chi connectivity index (χ1v) is 6.06. The number of halogens is 2. The Balaban J connectivity index is 0.00000161. The monoisotopic (exact) mass is 305 g/mol. The molecule has 0 radical (unpaired) electrons. The summed E-state index contributed by atoms with van der Waals surface area (Å²) < 4.78 is 15.3. The van der Waals surface area contributed by atoms with Gasteiger partial charge in [0.15, 0.2) is 5.65 Å². The summed E-state index contributed by atoms with van der Waals surface area (Å²) in [5, 5.41) is 12.5. The number of pyridine rings is 1. The van der Waals surface area contributed by atoms with Crippen LogP contribution in [0.3, 0.4) is 0 Å². The van der Waals surface area contributed by atoms with Crippen LogP contribution in [0.4, 0.5) is 4.39 Å². The number of hydrogen-bond acceptors (Lipinski definition) is 3. The van der Waals surface area contributed by atoms with Gasteiger partial charge in [0.1, 0.15) is 17.3 Å². The molecule has 108 valence electrons. The third kappa shape index (κ3) is 2.71. The van der Waals surface area contributed by atoms with Gasteiger partial charge in [-0.15, -0.1) is 12.4 Å². The molecular weight excluding hydrogens is 293 g/mol. The molecular formula is C14H13ClFN5. The molecule has 2 heterocycles. The minimum atomic E-state index is -0.295. The van der Waals surface area contributed by atoms with Crippen LogP contribution in [0.25, 0.3) is 11.0 Å². The fraction of sp³-hybridized carbons (Fsp3) is 0.0714. The highest BCUT2D eigenvalue weighted by Crippen LogP contribution is 2.18. The van der Waals surface area contributed by atoms with E-state index >= 15 is 0 Å². The Hall–Kier alpha value is -2.47. The molecule has 0 aliphatic carbocycles. The van der Waals surface area contributed by atoms with Crippen molar-refractivity contribution in [3.63, 3.8) is 0 Å². The maximum absolute atomic E-state index is 13.7. The van der Waals surface area contributed by atoms with Gasteiger partial charge in [0.05, 0.1) is 11.9 Å². The number of rotatable bonds is 3.